The number of tetrazole rings is 1. The lowest BCUT2D eigenvalue weighted by molar-refractivity contribution is 0.630. The van der Waals surface area contributed by atoms with Crippen LogP contribution >= 0.6 is 28.3 Å². The maximum absolute atomic E-state index is 4.14. The highest BCUT2D eigenvalue weighted by Gasteiger charge is 2.04. The van der Waals surface area contributed by atoms with Gasteiger partial charge in [0, 0.05) is 10.7 Å². The van der Waals surface area contributed by atoms with Crippen LogP contribution in [-0.2, 0) is 7.05 Å². The predicted molar refractivity (Wildman–Crippen MR) is 57.0 cm³/mol. The van der Waals surface area contributed by atoms with Crippen molar-refractivity contribution in [1.29, 1.82) is 0 Å². The highest BCUT2D eigenvalue weighted by Crippen LogP contribution is 2.13. The van der Waals surface area contributed by atoms with Crippen LogP contribution < -0.4 is 0 Å². The quantitative estimate of drug-likeness (QED) is 0.791. The Kier molecular flexibility index (Phi) is 3.54. The highest BCUT2D eigenvalue weighted by atomic mass is 79.9. The van der Waals surface area contributed by atoms with Gasteiger partial charge in [-0.3, -0.25) is 4.98 Å². The predicted octanol–water partition coefficient (Wildman–Crippen LogP) is 1.46. The van der Waals surface area contributed by atoms with E-state index >= 15 is 0 Å². The molecule has 0 N–H and O–H groups in total. The molecule has 2 aromatic rings. The van der Waals surface area contributed by atoms with E-state index in [-0.39, 0.29) is 12.4 Å². The van der Waals surface area contributed by atoms with E-state index in [9.17, 15) is 0 Å². The lowest BCUT2D eigenvalue weighted by Crippen LogP contribution is -1.92. The molecule has 0 aliphatic heterocycles. The van der Waals surface area contributed by atoms with E-state index in [4.69, 9.17) is 0 Å². The number of pyridine rings is 1. The molecule has 0 atom stereocenters. The molecule has 5 nitrogen and oxygen atoms in total. The minimum atomic E-state index is 0. The van der Waals surface area contributed by atoms with E-state index in [1.807, 2.05) is 12.1 Å². The van der Waals surface area contributed by atoms with Crippen molar-refractivity contribution in [2.75, 3.05) is 0 Å². The molecule has 0 aromatic carbocycles. The Morgan fingerprint density at radius 1 is 1.36 bits per heavy atom. The minimum Gasteiger partial charge on any atom is -0.252 e. The summed E-state index contributed by atoms with van der Waals surface area (Å²) in [4.78, 5) is 5.54. The molecular weight excluding hydrogens is 269 g/mol. The Labute approximate surface area is 95.1 Å². The van der Waals surface area contributed by atoms with Crippen molar-refractivity contribution in [3.05, 3.63) is 22.8 Å². The van der Waals surface area contributed by atoms with Crippen LogP contribution in [0, 0.1) is 0 Å². The van der Waals surface area contributed by atoms with Crippen LogP contribution in [-0.4, -0.2) is 25.2 Å². The third-order valence-electron chi connectivity index (χ3n) is 1.46. The number of rotatable bonds is 1. The van der Waals surface area contributed by atoms with Crippen LogP contribution in [0.2, 0.25) is 0 Å². The molecule has 0 saturated carbocycles. The van der Waals surface area contributed by atoms with Gasteiger partial charge in [-0.2, -0.15) is 4.80 Å². The Morgan fingerprint density at radius 2 is 2.14 bits per heavy atom. The lowest BCUT2D eigenvalue weighted by atomic mass is 10.3. The average molecular weight is 277 g/mol. The van der Waals surface area contributed by atoms with Gasteiger partial charge in [-0.25, -0.2) is 0 Å². The Balaban J connectivity index is 0.000000980. The van der Waals surface area contributed by atoms with Gasteiger partial charge >= 0.3 is 0 Å². The molecule has 0 aliphatic rings. The van der Waals surface area contributed by atoms with E-state index < -0.39 is 0 Å². The molecule has 2 aromatic heterocycles. The summed E-state index contributed by atoms with van der Waals surface area (Å²) in [7, 11) is 1.72. The Hall–Kier alpha value is -1.01. The van der Waals surface area contributed by atoms with Gasteiger partial charge < -0.3 is 0 Å². The van der Waals surface area contributed by atoms with Crippen molar-refractivity contribution in [2.24, 2.45) is 7.05 Å². The summed E-state index contributed by atoms with van der Waals surface area (Å²) in [5.74, 6) is 0.537. The fourth-order valence-corrected chi connectivity index (χ4v) is 1.13. The zero-order chi connectivity index (χ0) is 9.26. The van der Waals surface area contributed by atoms with Crippen molar-refractivity contribution in [2.45, 2.75) is 0 Å². The second-order valence-corrected chi connectivity index (χ2v) is 3.38. The van der Waals surface area contributed by atoms with Gasteiger partial charge in [0.1, 0.15) is 5.69 Å². The first-order valence-corrected chi connectivity index (χ1v) is 4.41. The molecule has 7 heteroatoms. The second-order valence-electron chi connectivity index (χ2n) is 2.46. The number of hydrogen-bond acceptors (Lipinski definition) is 4. The SMILES string of the molecule is Cl.Cn1nnc(-c2ccc(Br)cn2)n1. The minimum absolute atomic E-state index is 0. The third kappa shape index (κ3) is 2.27. The van der Waals surface area contributed by atoms with E-state index in [0.717, 1.165) is 10.2 Å². The van der Waals surface area contributed by atoms with Crippen LogP contribution in [0.5, 0.6) is 0 Å². The van der Waals surface area contributed by atoms with Gasteiger partial charge in [0.15, 0.2) is 0 Å². The van der Waals surface area contributed by atoms with Crippen molar-refractivity contribution in [1.82, 2.24) is 25.2 Å². The number of halogens is 2. The second kappa shape index (κ2) is 4.47. The van der Waals surface area contributed by atoms with Gasteiger partial charge in [-0.15, -0.1) is 22.6 Å². The van der Waals surface area contributed by atoms with Gasteiger partial charge in [0.05, 0.1) is 7.05 Å². The van der Waals surface area contributed by atoms with Gasteiger partial charge in [-0.1, -0.05) is 0 Å². The monoisotopic (exact) mass is 275 g/mol. The topological polar surface area (TPSA) is 56.5 Å². The first-order chi connectivity index (χ1) is 6.25. The smallest absolute Gasteiger partial charge is 0.223 e. The molecule has 0 saturated heterocycles. The average Bonchev–Trinajstić information content (AvgIpc) is 2.53. The molecule has 0 amide bonds. The van der Waals surface area contributed by atoms with Crippen molar-refractivity contribution < 1.29 is 0 Å². The normalized spacial score (nSPS) is 9.57. The van der Waals surface area contributed by atoms with E-state index in [0.29, 0.717) is 5.82 Å². The fourth-order valence-electron chi connectivity index (χ4n) is 0.895. The number of aromatic nitrogens is 5. The summed E-state index contributed by atoms with van der Waals surface area (Å²) < 4.78 is 0.931. The van der Waals surface area contributed by atoms with Gasteiger partial charge in [-0.05, 0) is 33.3 Å². The largest absolute Gasteiger partial charge is 0.252 e. The molecule has 2 heterocycles. The molecule has 0 radical (unpaired) electrons. The molecule has 0 spiro atoms. The summed E-state index contributed by atoms with van der Waals surface area (Å²) in [5.41, 5.74) is 0.719. The molecule has 0 bridgehead atoms. The maximum Gasteiger partial charge on any atom is 0.223 e. The first-order valence-electron chi connectivity index (χ1n) is 3.61. The summed E-state index contributed by atoms with van der Waals surface area (Å²) in [6, 6.07) is 3.72. The Morgan fingerprint density at radius 3 is 2.64 bits per heavy atom. The number of nitrogens with zero attached hydrogens (tertiary/aromatic N) is 5. The van der Waals surface area contributed by atoms with Crippen molar-refractivity contribution in [3.63, 3.8) is 0 Å². The molecule has 0 fully saturated rings. The molecular formula is C7H7BrClN5. The molecule has 74 valence electrons. The van der Waals surface area contributed by atoms with Crippen molar-refractivity contribution >= 4 is 28.3 Å². The van der Waals surface area contributed by atoms with Crippen LogP contribution in [0.1, 0.15) is 0 Å². The van der Waals surface area contributed by atoms with Crippen LogP contribution in [0.3, 0.4) is 0 Å². The van der Waals surface area contributed by atoms with Crippen LogP contribution in [0.15, 0.2) is 22.8 Å². The zero-order valence-corrected chi connectivity index (χ0v) is 9.66. The zero-order valence-electron chi connectivity index (χ0n) is 7.25. The molecule has 14 heavy (non-hydrogen) atoms. The van der Waals surface area contributed by atoms with Crippen LogP contribution in [0.4, 0.5) is 0 Å². The van der Waals surface area contributed by atoms with Crippen molar-refractivity contribution in [3.8, 4) is 11.5 Å². The summed E-state index contributed by atoms with van der Waals surface area (Å²) in [5, 5.41) is 11.6. The number of aryl methyl sites for hydroxylation is 1. The van der Waals surface area contributed by atoms with E-state index in [1.54, 1.807) is 13.2 Å². The standard InChI is InChI=1S/C7H6BrN5.ClH/c1-13-11-7(10-12-13)6-3-2-5(8)4-9-6;/h2-4H,1H3;1H. The highest BCUT2D eigenvalue weighted by molar-refractivity contribution is 9.10. The molecule has 0 aliphatic carbocycles. The molecule has 2 rings (SSSR count). The number of hydrogen-bond donors (Lipinski definition) is 0. The summed E-state index contributed by atoms with van der Waals surface area (Å²) in [6.07, 6.45) is 1.70. The fraction of sp³-hybridized carbons (Fsp3) is 0.143. The summed E-state index contributed by atoms with van der Waals surface area (Å²) >= 11 is 3.30. The maximum atomic E-state index is 4.14. The van der Waals surface area contributed by atoms with E-state index in [2.05, 4.69) is 36.3 Å². The van der Waals surface area contributed by atoms with Gasteiger partial charge in [0.25, 0.3) is 0 Å². The first kappa shape index (κ1) is 11.1. The third-order valence-corrected chi connectivity index (χ3v) is 1.93. The lowest BCUT2D eigenvalue weighted by Gasteiger charge is -1.92. The Bertz CT molecular complexity index is 412. The molecule has 0 unspecified atom stereocenters. The van der Waals surface area contributed by atoms with Crippen LogP contribution in [0.25, 0.3) is 11.5 Å². The van der Waals surface area contributed by atoms with E-state index in [1.165, 1.54) is 4.80 Å². The summed E-state index contributed by atoms with van der Waals surface area (Å²) in [6.45, 7) is 0. The van der Waals surface area contributed by atoms with Gasteiger partial charge in [0.2, 0.25) is 5.82 Å².